The van der Waals surface area contributed by atoms with Crippen molar-refractivity contribution >= 4 is 34.9 Å². The minimum Gasteiger partial charge on any atom is -0.477 e. The first-order valence-corrected chi connectivity index (χ1v) is 9.62. The molecule has 0 bridgehead atoms. The zero-order chi connectivity index (χ0) is 20.0. The summed E-state index contributed by atoms with van der Waals surface area (Å²) >= 11 is 5.53. The number of aliphatic hydroxyl groups excluding tert-OH is 1. The van der Waals surface area contributed by atoms with Crippen LogP contribution in [0.3, 0.4) is 0 Å². The minimum absolute atomic E-state index is 0.0190. The molecule has 2 amide bonds. The molecule has 3 heterocycles. The molecule has 0 aromatic rings. The fourth-order valence-corrected chi connectivity index (χ4v) is 4.78. The fraction of sp³-hybridized carbons (Fsp3) is 0.667. The summed E-state index contributed by atoms with van der Waals surface area (Å²) in [6.45, 7) is 4.47. The zero-order valence-electron chi connectivity index (χ0n) is 15.6. The average molecular weight is 395 g/mol. The highest BCUT2D eigenvalue weighted by Gasteiger charge is 2.60. The lowest BCUT2D eigenvalue weighted by atomic mass is 9.80. The molecule has 3 aliphatic heterocycles. The number of nitrogens with one attached hydrogen (secondary N) is 1. The van der Waals surface area contributed by atoms with Crippen molar-refractivity contribution in [3.63, 3.8) is 0 Å². The van der Waals surface area contributed by atoms with E-state index < -0.39 is 29.9 Å². The lowest BCUT2D eigenvalue weighted by molar-refractivity contribution is -0.157. The molecule has 9 heteroatoms. The number of nitrogens with zero attached hydrogens (tertiary/aromatic N) is 2. The van der Waals surface area contributed by atoms with Crippen LogP contribution in [0.1, 0.15) is 26.7 Å². The van der Waals surface area contributed by atoms with E-state index in [1.165, 1.54) is 11.8 Å². The van der Waals surface area contributed by atoms with Gasteiger partial charge in [-0.1, -0.05) is 12.2 Å². The summed E-state index contributed by atoms with van der Waals surface area (Å²) < 4.78 is 0. The van der Waals surface area contributed by atoms with E-state index in [0.29, 0.717) is 36.4 Å². The summed E-state index contributed by atoms with van der Waals surface area (Å²) in [5.41, 5.74) is 0.440. The topological polar surface area (TPSA) is 110 Å². The van der Waals surface area contributed by atoms with E-state index in [-0.39, 0.29) is 23.6 Å². The number of hydrogen-bond acceptors (Lipinski definition) is 6. The second-order valence-corrected chi connectivity index (χ2v) is 7.88. The number of carbonyl (C=O) groups is 3. The van der Waals surface area contributed by atoms with Crippen LogP contribution in [0.4, 0.5) is 0 Å². The number of β-lactam (4-membered cyclic amide) rings is 1. The van der Waals surface area contributed by atoms with Crippen LogP contribution >= 0.6 is 12.2 Å². The zero-order valence-corrected chi connectivity index (χ0v) is 16.5. The Morgan fingerprint density at radius 3 is 2.56 bits per heavy atom. The summed E-state index contributed by atoms with van der Waals surface area (Å²) in [5.74, 6) is -2.42. The van der Waals surface area contributed by atoms with Crippen molar-refractivity contribution in [2.45, 2.75) is 44.9 Å². The van der Waals surface area contributed by atoms with Crippen molar-refractivity contribution in [2.75, 3.05) is 20.1 Å². The number of aliphatic carboxylic acids is 1. The Labute approximate surface area is 163 Å². The Bertz CT molecular complexity index is 727. The molecular weight excluding hydrogens is 370 g/mol. The SMILES string of the molecule is CCN(C)C(=O)[C@@H]1CC[C@H](C2=C(C(=O)O)N3C(=O)[C@H]([C@@H](C)O)[C@@H]3C2=S)CN1. The largest absolute Gasteiger partial charge is 0.477 e. The lowest BCUT2D eigenvalue weighted by Crippen LogP contribution is -2.64. The van der Waals surface area contributed by atoms with E-state index >= 15 is 0 Å². The minimum atomic E-state index is -1.18. The Kier molecular flexibility index (Phi) is 5.38. The van der Waals surface area contributed by atoms with Gasteiger partial charge in [0.15, 0.2) is 0 Å². The molecule has 3 aliphatic rings. The first-order valence-electron chi connectivity index (χ1n) is 9.21. The second-order valence-electron chi connectivity index (χ2n) is 7.44. The molecule has 0 saturated carbocycles. The number of amides is 2. The van der Waals surface area contributed by atoms with Gasteiger partial charge in [0.2, 0.25) is 11.8 Å². The maximum atomic E-state index is 12.4. The van der Waals surface area contributed by atoms with E-state index in [4.69, 9.17) is 12.2 Å². The molecule has 3 N–H and O–H groups in total. The van der Waals surface area contributed by atoms with Crippen molar-refractivity contribution in [2.24, 2.45) is 11.8 Å². The Hall–Kier alpha value is -1.84. The lowest BCUT2D eigenvalue weighted by Gasteiger charge is -2.44. The van der Waals surface area contributed by atoms with Gasteiger partial charge < -0.3 is 20.4 Å². The van der Waals surface area contributed by atoms with Gasteiger partial charge in [0.1, 0.15) is 5.70 Å². The summed E-state index contributed by atoms with van der Waals surface area (Å²) in [7, 11) is 1.75. The van der Waals surface area contributed by atoms with E-state index in [0.717, 1.165) is 0 Å². The number of carboxylic acids is 1. The van der Waals surface area contributed by atoms with Crippen molar-refractivity contribution in [3.05, 3.63) is 11.3 Å². The van der Waals surface area contributed by atoms with Crippen LogP contribution in [0.5, 0.6) is 0 Å². The van der Waals surface area contributed by atoms with Crippen molar-refractivity contribution in [1.82, 2.24) is 15.1 Å². The molecule has 2 fully saturated rings. The summed E-state index contributed by atoms with van der Waals surface area (Å²) in [6, 6.07) is -0.849. The van der Waals surface area contributed by atoms with Crippen LogP contribution in [0, 0.1) is 11.8 Å². The predicted molar refractivity (Wildman–Crippen MR) is 101 cm³/mol. The molecule has 3 rings (SSSR count). The van der Waals surface area contributed by atoms with E-state index in [9.17, 15) is 24.6 Å². The Balaban J connectivity index is 1.81. The summed E-state index contributed by atoms with van der Waals surface area (Å²) in [6.07, 6.45) is 0.300. The van der Waals surface area contributed by atoms with Gasteiger partial charge in [-0.05, 0) is 32.6 Å². The maximum absolute atomic E-state index is 12.4. The van der Waals surface area contributed by atoms with Crippen molar-refractivity contribution in [3.8, 4) is 0 Å². The first-order chi connectivity index (χ1) is 12.7. The van der Waals surface area contributed by atoms with Crippen molar-refractivity contribution < 1.29 is 24.6 Å². The van der Waals surface area contributed by atoms with Gasteiger partial charge in [0.25, 0.3) is 0 Å². The van der Waals surface area contributed by atoms with Crippen LogP contribution in [0.25, 0.3) is 0 Å². The molecular formula is C18H25N3O5S. The smallest absolute Gasteiger partial charge is 0.352 e. The van der Waals surface area contributed by atoms with Crippen LogP contribution < -0.4 is 5.32 Å². The first kappa shape index (κ1) is 19.9. The van der Waals surface area contributed by atoms with Gasteiger partial charge in [-0.2, -0.15) is 0 Å². The van der Waals surface area contributed by atoms with Crippen LogP contribution in [0.15, 0.2) is 11.3 Å². The highest BCUT2D eigenvalue weighted by Crippen LogP contribution is 2.45. The molecule has 8 nitrogen and oxygen atoms in total. The molecule has 0 radical (unpaired) electrons. The van der Waals surface area contributed by atoms with Gasteiger partial charge in [-0.25, -0.2) is 4.79 Å². The molecule has 2 saturated heterocycles. The van der Waals surface area contributed by atoms with E-state index in [1.807, 2.05) is 6.92 Å². The van der Waals surface area contributed by atoms with Crippen molar-refractivity contribution in [1.29, 1.82) is 0 Å². The number of fused-ring (bicyclic) bond motifs is 1. The number of aliphatic hydroxyl groups is 1. The number of carboxylic acid groups (broad SMARTS) is 1. The van der Waals surface area contributed by atoms with E-state index in [1.54, 1.807) is 11.9 Å². The standard InChI is InChI=1S/C18H25N3O5S/c1-4-20(3)16(23)10-6-5-9(7-19-10)12-14(18(25)26)21-13(15(12)27)11(8(2)22)17(21)24/h8-11,13,19,22H,4-7H2,1-3H3,(H,25,26)/t8-,9+,10+,11-,13-/m1/s1. The van der Waals surface area contributed by atoms with Gasteiger partial charge in [0, 0.05) is 30.6 Å². The molecule has 0 aliphatic carbocycles. The Morgan fingerprint density at radius 1 is 1.41 bits per heavy atom. The molecule has 148 valence electrons. The molecule has 5 atom stereocenters. The number of likely N-dealkylation sites (N-methyl/N-ethyl adjacent to an activating group) is 1. The van der Waals surface area contributed by atoms with Crippen LogP contribution in [0.2, 0.25) is 0 Å². The number of hydrogen-bond donors (Lipinski definition) is 3. The molecule has 0 aromatic heterocycles. The summed E-state index contributed by atoms with van der Waals surface area (Å²) in [5, 5.41) is 22.8. The molecule has 0 aromatic carbocycles. The quantitative estimate of drug-likeness (QED) is 0.435. The number of carbonyl (C=O) groups excluding carboxylic acids is 2. The van der Waals surface area contributed by atoms with Gasteiger partial charge in [-0.15, -0.1) is 0 Å². The van der Waals surface area contributed by atoms with Gasteiger partial charge in [-0.3, -0.25) is 14.5 Å². The fourth-order valence-electron chi connectivity index (χ4n) is 4.27. The highest BCUT2D eigenvalue weighted by molar-refractivity contribution is 7.81. The summed E-state index contributed by atoms with van der Waals surface area (Å²) in [4.78, 5) is 39.8. The second kappa shape index (κ2) is 7.29. The Morgan fingerprint density at radius 2 is 2.07 bits per heavy atom. The van der Waals surface area contributed by atoms with Gasteiger partial charge in [0.05, 0.1) is 24.1 Å². The molecule has 0 spiro atoms. The molecule has 27 heavy (non-hydrogen) atoms. The van der Waals surface area contributed by atoms with E-state index in [2.05, 4.69) is 5.32 Å². The monoisotopic (exact) mass is 395 g/mol. The molecule has 0 unspecified atom stereocenters. The third kappa shape index (κ3) is 3.07. The number of rotatable bonds is 5. The number of piperidine rings is 1. The maximum Gasteiger partial charge on any atom is 0.352 e. The highest BCUT2D eigenvalue weighted by atomic mass is 32.1. The average Bonchev–Trinajstić information content (AvgIpc) is 2.89. The third-order valence-electron chi connectivity index (χ3n) is 5.86. The van der Waals surface area contributed by atoms with Crippen LogP contribution in [-0.4, -0.2) is 81.0 Å². The number of thiocarbonyl (C=S) groups is 1. The van der Waals surface area contributed by atoms with Gasteiger partial charge >= 0.3 is 5.97 Å². The predicted octanol–water partition coefficient (Wildman–Crippen LogP) is -0.237. The normalized spacial score (nSPS) is 31.5. The van der Waals surface area contributed by atoms with Crippen LogP contribution in [-0.2, 0) is 14.4 Å². The third-order valence-corrected chi connectivity index (χ3v) is 6.33.